The van der Waals surface area contributed by atoms with Crippen molar-refractivity contribution in [2.75, 3.05) is 46.2 Å². The van der Waals surface area contributed by atoms with Crippen molar-refractivity contribution in [3.8, 4) is 0 Å². The third kappa shape index (κ3) is 12.4. The summed E-state index contributed by atoms with van der Waals surface area (Å²) in [5.74, 6) is -2.07. The zero-order valence-corrected chi connectivity index (χ0v) is 55.1. The molecule has 0 unspecified atom stereocenters. The molecule has 11 aliphatic rings. The number of hydrogen-bond donors (Lipinski definition) is 19. The number of aliphatic hydroxyl groups is 19. The van der Waals surface area contributed by atoms with E-state index in [1.165, 1.54) is 6.92 Å². The number of hydrogen-bond acceptors (Lipinski definition) is 32. The lowest BCUT2D eigenvalue weighted by Gasteiger charge is -2.72. The maximum absolute atomic E-state index is 15.6. The van der Waals surface area contributed by atoms with Gasteiger partial charge in [0.15, 0.2) is 37.6 Å². The van der Waals surface area contributed by atoms with Gasteiger partial charge >= 0.3 is 5.97 Å². The van der Waals surface area contributed by atoms with Crippen molar-refractivity contribution in [3.63, 3.8) is 0 Å². The third-order valence-corrected chi connectivity index (χ3v) is 25.1. The van der Waals surface area contributed by atoms with Gasteiger partial charge in [0, 0.05) is 5.41 Å². The monoisotopic (exact) mass is 1380 g/mol. The van der Waals surface area contributed by atoms with Gasteiger partial charge in [0.25, 0.3) is 0 Å². The molecule has 96 heavy (non-hydrogen) atoms. The van der Waals surface area contributed by atoms with E-state index in [0.29, 0.717) is 32.1 Å². The normalized spacial score (nSPS) is 55.0. The molecule has 10 fully saturated rings. The van der Waals surface area contributed by atoms with E-state index in [-0.39, 0.29) is 42.9 Å². The van der Waals surface area contributed by atoms with E-state index >= 15 is 4.79 Å². The molecule has 32 heteroatoms. The predicted octanol–water partition coefficient (Wildman–Crippen LogP) is -6.14. The number of ether oxygens (including phenoxy) is 12. The van der Waals surface area contributed by atoms with E-state index in [1.807, 2.05) is 6.92 Å². The van der Waals surface area contributed by atoms with Crippen LogP contribution >= 0.6 is 0 Å². The van der Waals surface area contributed by atoms with Crippen LogP contribution in [-0.2, 0) is 61.6 Å². The Bertz CT molecular complexity index is 2710. The Hall–Kier alpha value is -1.99. The first-order chi connectivity index (χ1) is 45.1. The van der Waals surface area contributed by atoms with E-state index < -0.39 is 263 Å². The molecule has 0 aromatic rings. The number of allylic oxidation sites excluding steroid dienone is 2. The summed E-state index contributed by atoms with van der Waals surface area (Å²) < 4.78 is 70.5. The number of esters is 1. The smallest absolute Gasteiger partial charge is 0.317 e. The molecule has 6 saturated heterocycles. The fourth-order valence-corrected chi connectivity index (χ4v) is 19.1. The van der Waals surface area contributed by atoms with E-state index in [2.05, 4.69) is 40.7 Å². The molecular weight excluding hydrogens is 1280 g/mol. The molecule has 6 heterocycles. The second-order valence-corrected chi connectivity index (χ2v) is 30.9. The van der Waals surface area contributed by atoms with E-state index in [9.17, 15) is 97.0 Å². The molecule has 6 aliphatic heterocycles. The number of rotatable bonds is 17. The zero-order chi connectivity index (χ0) is 70.1. The van der Waals surface area contributed by atoms with Gasteiger partial charge < -0.3 is 154 Å². The molecule has 32 nitrogen and oxygen atoms in total. The fraction of sp³-hybridized carbons (Fsp3) is 0.953. The summed E-state index contributed by atoms with van der Waals surface area (Å²) in [7, 11) is 0. The summed E-state index contributed by atoms with van der Waals surface area (Å²) in [6.45, 7) is 9.57. The minimum absolute atomic E-state index is 0.0797. The van der Waals surface area contributed by atoms with Gasteiger partial charge in [0.2, 0.25) is 6.29 Å². The van der Waals surface area contributed by atoms with Gasteiger partial charge in [0.1, 0.15) is 115 Å². The Morgan fingerprint density at radius 1 is 0.573 bits per heavy atom. The van der Waals surface area contributed by atoms with Crippen LogP contribution in [-0.4, -0.2) is 327 Å². The summed E-state index contributed by atoms with van der Waals surface area (Å²) in [4.78, 5) is 15.6. The van der Waals surface area contributed by atoms with Gasteiger partial charge in [-0.1, -0.05) is 53.2 Å². The second-order valence-electron chi connectivity index (χ2n) is 30.9. The summed E-state index contributed by atoms with van der Waals surface area (Å²) in [5, 5.41) is 210. The van der Waals surface area contributed by atoms with Crippen molar-refractivity contribution >= 4 is 5.97 Å². The van der Waals surface area contributed by atoms with E-state index in [0.717, 1.165) is 5.57 Å². The molecule has 5 aliphatic carbocycles. The highest BCUT2D eigenvalue weighted by molar-refractivity contribution is 5.80. The van der Waals surface area contributed by atoms with Crippen molar-refractivity contribution in [1.82, 2.24) is 0 Å². The van der Waals surface area contributed by atoms with Crippen LogP contribution < -0.4 is 0 Å². The molecule has 0 radical (unpaired) electrons. The molecule has 19 N–H and O–H groups in total. The first-order valence-corrected chi connectivity index (χ1v) is 33.8. The number of carbonyl (C=O) groups excluding carboxylic acids is 1. The van der Waals surface area contributed by atoms with Crippen LogP contribution in [0.1, 0.15) is 106 Å². The number of fused-ring (bicyclic) bond motifs is 7. The van der Waals surface area contributed by atoms with Crippen LogP contribution in [0.4, 0.5) is 0 Å². The van der Waals surface area contributed by atoms with Crippen LogP contribution in [0.15, 0.2) is 11.6 Å². The van der Waals surface area contributed by atoms with E-state index in [1.54, 1.807) is 0 Å². The second kappa shape index (κ2) is 27.9. The Morgan fingerprint density at radius 3 is 1.84 bits per heavy atom. The minimum Gasteiger partial charge on any atom is -0.432 e. The van der Waals surface area contributed by atoms with Gasteiger partial charge in [-0.25, -0.2) is 0 Å². The lowest BCUT2D eigenvalue weighted by molar-refractivity contribution is -0.372. The Balaban J connectivity index is 0.793. The largest absolute Gasteiger partial charge is 0.432 e. The van der Waals surface area contributed by atoms with Gasteiger partial charge in [-0.15, -0.1) is 0 Å². The van der Waals surface area contributed by atoms with Gasteiger partial charge in [-0.3, -0.25) is 4.79 Å². The van der Waals surface area contributed by atoms with E-state index in [4.69, 9.17) is 56.8 Å². The van der Waals surface area contributed by atoms with Gasteiger partial charge in [-0.05, 0) is 104 Å². The van der Waals surface area contributed by atoms with Crippen LogP contribution in [0.5, 0.6) is 0 Å². The highest BCUT2D eigenvalue weighted by Crippen LogP contribution is 2.76. The molecule has 37 atom stereocenters. The first kappa shape index (κ1) is 75.2. The Morgan fingerprint density at radius 2 is 1.19 bits per heavy atom. The van der Waals surface area contributed by atoms with Crippen LogP contribution in [0.3, 0.4) is 0 Å². The maximum atomic E-state index is 15.6. The Labute approximate surface area is 555 Å². The Kier molecular flexibility index (Phi) is 21.8. The number of aliphatic hydroxyl groups excluding tert-OH is 18. The van der Waals surface area contributed by atoms with Crippen LogP contribution in [0.2, 0.25) is 0 Å². The van der Waals surface area contributed by atoms with Crippen molar-refractivity contribution in [2.24, 2.45) is 50.2 Å². The van der Waals surface area contributed by atoms with Crippen molar-refractivity contribution in [1.29, 1.82) is 0 Å². The average molecular weight is 1390 g/mol. The van der Waals surface area contributed by atoms with Crippen molar-refractivity contribution in [3.05, 3.63) is 11.6 Å². The molecule has 552 valence electrons. The number of carbonyl (C=O) groups is 1. The minimum atomic E-state index is -2.09. The van der Waals surface area contributed by atoms with Gasteiger partial charge in [0.05, 0.1) is 70.7 Å². The third-order valence-electron chi connectivity index (χ3n) is 25.1. The lowest BCUT2D eigenvalue weighted by atomic mass is 9.32. The van der Waals surface area contributed by atoms with Crippen LogP contribution in [0, 0.1) is 50.2 Å². The molecule has 11 rings (SSSR count). The summed E-state index contributed by atoms with van der Waals surface area (Å²) in [6, 6.07) is 0. The molecular formula is C64H104O32. The average Bonchev–Trinajstić information content (AvgIpc) is 0.715. The van der Waals surface area contributed by atoms with Crippen molar-refractivity contribution in [2.45, 2.75) is 284 Å². The molecule has 4 saturated carbocycles. The fourth-order valence-electron chi connectivity index (χ4n) is 19.1. The lowest BCUT2D eigenvalue weighted by Crippen LogP contribution is -2.71. The summed E-state index contributed by atoms with van der Waals surface area (Å²) >= 11 is 0. The highest BCUT2D eigenvalue weighted by atomic mass is 16.8. The predicted molar refractivity (Wildman–Crippen MR) is 317 cm³/mol. The highest BCUT2D eigenvalue weighted by Gasteiger charge is 2.74. The topological polar surface area (TPSA) is 512 Å². The first-order valence-electron chi connectivity index (χ1n) is 33.8. The van der Waals surface area contributed by atoms with Gasteiger partial charge in [-0.2, -0.15) is 0 Å². The molecule has 0 bridgehead atoms. The zero-order valence-electron chi connectivity index (χ0n) is 55.1. The summed E-state index contributed by atoms with van der Waals surface area (Å²) in [5.41, 5.74) is -6.48. The molecule has 0 aromatic heterocycles. The standard InChI is InChI=1S/C64H104O32/c1-8-62(22-66)34-11-12-60(6)33(59(34,5)16-28(68)50(62)95-54-43(79)40(76)38(74)32(91-54)21-87-51-42(78)39(75)37(73)31(18-65)90-51)10-9-26-27-15-58(3,4)13-14-64(27,35(71)17-61(26,60)7)57(83)96-55-48(36(72)29(69)19-86-55)94-53-44(80)41(77)46(25(2)89-53)92-52-45(81)47(30(70)20-85-52)93-56-49(82)63(84,23-67)24-88-56/h9,25,27-56,65-82,84H,8,10-24H2,1-7H3/t25-,27-,28-,29-,30+,31+,32+,33+,34+,35+,36-,37+,38+,39-,40-,41-,42+,43+,44+,45+,46-,47-,48+,49-,50-,51+,52-,53-,54-,55-,56-,59+,60+,61+,62-,63+,64+/m0/s1. The van der Waals surface area contributed by atoms with Crippen LogP contribution in [0.25, 0.3) is 0 Å². The quantitative estimate of drug-likeness (QED) is 0.0366. The SMILES string of the molecule is CC[C@]1(CO)[C@@H]2CC[C@]3(C)[C@H](CC=C4[C@@H]5CC(C)(C)CC[C@]5(C(=O)O[C@@H]5OC[C@H](O)[C@H](O)[C@H]5O[C@@H]5O[C@@H](C)[C@H](O[C@@H]6OC[C@@H](O)[C@H](O[C@@H]7OC[C@](O)(CO)[C@H]7O)[C@H]6O)[C@@H](O)[C@H]5O)[C@H](O)C[C@]43C)[C@@]2(C)C[C@H](O)[C@@H]1O[C@@H]1O[C@H](CO[C@@H]2O[C@H](CO)[C@@H](O)[C@H](O)[C@H]2O)[C@@H](O)[C@H](O)[C@H]1O. The summed E-state index contributed by atoms with van der Waals surface area (Å²) in [6.07, 6.45) is -41.0. The molecule has 0 spiro atoms. The molecule has 0 aromatic carbocycles. The molecule has 0 amide bonds. The maximum Gasteiger partial charge on any atom is 0.317 e. The van der Waals surface area contributed by atoms with Crippen molar-refractivity contribution < 1.29 is 159 Å².